The van der Waals surface area contributed by atoms with E-state index in [0.717, 1.165) is 46.2 Å². The van der Waals surface area contributed by atoms with Crippen molar-refractivity contribution >= 4 is 0 Å². The lowest BCUT2D eigenvalue weighted by Gasteiger charge is -2.10. The standard InChI is InChI=1S/C20H20N2O3/c1-22(2)11-12-23-13-18-19-14-7-3-5-9-16(14)24-17-10-6-4-8-15(17)20(19)21-25-18/h3-10H,11-13H2,1-2H3. The Morgan fingerprint density at radius 2 is 1.64 bits per heavy atom. The Morgan fingerprint density at radius 3 is 2.40 bits per heavy atom. The zero-order valence-corrected chi connectivity index (χ0v) is 14.4. The highest BCUT2D eigenvalue weighted by molar-refractivity contribution is 5.89. The molecule has 25 heavy (non-hydrogen) atoms. The van der Waals surface area contributed by atoms with Crippen LogP contribution in [0.15, 0.2) is 53.1 Å². The maximum absolute atomic E-state index is 6.13. The maximum atomic E-state index is 6.13. The third-order valence-electron chi connectivity index (χ3n) is 4.20. The van der Waals surface area contributed by atoms with Gasteiger partial charge >= 0.3 is 0 Å². The van der Waals surface area contributed by atoms with Crippen molar-refractivity contribution in [1.82, 2.24) is 10.1 Å². The minimum absolute atomic E-state index is 0.382. The van der Waals surface area contributed by atoms with Crippen molar-refractivity contribution in [3.05, 3.63) is 54.3 Å². The van der Waals surface area contributed by atoms with E-state index in [1.165, 1.54) is 0 Å². The summed E-state index contributed by atoms with van der Waals surface area (Å²) >= 11 is 0. The van der Waals surface area contributed by atoms with Crippen LogP contribution in [0.4, 0.5) is 0 Å². The molecule has 0 atom stereocenters. The van der Waals surface area contributed by atoms with Gasteiger partial charge < -0.3 is 18.9 Å². The molecule has 2 heterocycles. The lowest BCUT2D eigenvalue weighted by Crippen LogP contribution is -2.17. The van der Waals surface area contributed by atoms with Crippen molar-refractivity contribution in [2.75, 3.05) is 27.2 Å². The Morgan fingerprint density at radius 1 is 0.960 bits per heavy atom. The van der Waals surface area contributed by atoms with E-state index in [4.69, 9.17) is 14.0 Å². The first-order chi connectivity index (χ1) is 12.2. The number of likely N-dealkylation sites (N-methyl/N-ethyl adjacent to an activating group) is 1. The fourth-order valence-corrected chi connectivity index (χ4v) is 2.93. The normalized spacial score (nSPS) is 12.1. The lowest BCUT2D eigenvalue weighted by atomic mass is 9.99. The number of para-hydroxylation sites is 2. The Kier molecular flexibility index (Phi) is 4.26. The van der Waals surface area contributed by atoms with Gasteiger partial charge in [0, 0.05) is 17.7 Å². The SMILES string of the molecule is CN(C)CCOCc1onc2c1-c1ccccc1Oc1ccccc1-2. The topological polar surface area (TPSA) is 47.7 Å². The van der Waals surface area contributed by atoms with Crippen LogP contribution in [0.1, 0.15) is 5.76 Å². The number of benzene rings is 2. The molecule has 0 N–H and O–H groups in total. The summed E-state index contributed by atoms with van der Waals surface area (Å²) in [4.78, 5) is 2.08. The second-order valence-corrected chi connectivity index (χ2v) is 6.28. The fourth-order valence-electron chi connectivity index (χ4n) is 2.93. The van der Waals surface area contributed by atoms with Crippen molar-refractivity contribution in [2.24, 2.45) is 0 Å². The molecule has 0 fully saturated rings. The molecule has 2 aromatic carbocycles. The predicted octanol–water partition coefficient (Wildman–Crippen LogP) is 4.19. The summed E-state index contributed by atoms with van der Waals surface area (Å²) in [6.07, 6.45) is 0. The van der Waals surface area contributed by atoms with Crippen molar-refractivity contribution in [2.45, 2.75) is 6.61 Å². The van der Waals surface area contributed by atoms with E-state index in [9.17, 15) is 0 Å². The molecule has 3 aromatic rings. The molecule has 0 amide bonds. The largest absolute Gasteiger partial charge is 0.456 e. The molecule has 0 saturated heterocycles. The van der Waals surface area contributed by atoms with Crippen LogP contribution in [0.2, 0.25) is 0 Å². The minimum Gasteiger partial charge on any atom is -0.456 e. The van der Waals surface area contributed by atoms with Crippen molar-refractivity contribution in [1.29, 1.82) is 0 Å². The number of aromatic nitrogens is 1. The Balaban J connectivity index is 1.75. The van der Waals surface area contributed by atoms with Gasteiger partial charge in [0.25, 0.3) is 0 Å². The van der Waals surface area contributed by atoms with Crippen LogP contribution in [-0.2, 0) is 11.3 Å². The Hall–Kier alpha value is -2.63. The van der Waals surface area contributed by atoms with Gasteiger partial charge in [-0.1, -0.05) is 35.5 Å². The average molecular weight is 336 g/mol. The van der Waals surface area contributed by atoms with Crippen LogP contribution in [-0.4, -0.2) is 37.3 Å². The molecular formula is C20H20N2O3. The van der Waals surface area contributed by atoms with Gasteiger partial charge in [0.1, 0.15) is 23.8 Å². The first kappa shape index (κ1) is 15.9. The summed E-state index contributed by atoms with van der Waals surface area (Å²) in [5, 5.41) is 4.33. The highest BCUT2D eigenvalue weighted by Gasteiger charge is 2.27. The molecule has 4 rings (SSSR count). The number of rotatable bonds is 5. The van der Waals surface area contributed by atoms with Gasteiger partial charge in [-0.3, -0.25) is 0 Å². The third-order valence-corrected chi connectivity index (χ3v) is 4.20. The smallest absolute Gasteiger partial charge is 0.170 e. The van der Waals surface area contributed by atoms with Crippen LogP contribution < -0.4 is 4.74 Å². The van der Waals surface area contributed by atoms with Crippen molar-refractivity contribution < 1.29 is 14.0 Å². The van der Waals surface area contributed by atoms with Crippen LogP contribution in [0, 0.1) is 0 Å². The quantitative estimate of drug-likeness (QED) is 0.511. The molecule has 0 unspecified atom stereocenters. The van der Waals surface area contributed by atoms with Crippen LogP contribution in [0.25, 0.3) is 22.4 Å². The Bertz CT molecular complexity index is 886. The van der Waals surface area contributed by atoms with E-state index >= 15 is 0 Å². The third kappa shape index (κ3) is 3.04. The molecule has 0 radical (unpaired) electrons. The van der Waals surface area contributed by atoms with Crippen LogP contribution in [0.5, 0.6) is 11.5 Å². The van der Waals surface area contributed by atoms with Gasteiger partial charge in [0.2, 0.25) is 0 Å². The van der Waals surface area contributed by atoms with Crippen LogP contribution in [0.3, 0.4) is 0 Å². The summed E-state index contributed by atoms with van der Waals surface area (Å²) < 4.78 is 17.6. The van der Waals surface area contributed by atoms with Gasteiger partial charge in [0.05, 0.1) is 12.2 Å². The monoisotopic (exact) mass is 336 g/mol. The van der Waals surface area contributed by atoms with E-state index in [2.05, 4.69) is 10.1 Å². The molecule has 0 aliphatic carbocycles. The van der Waals surface area contributed by atoms with E-state index in [0.29, 0.717) is 13.2 Å². The second kappa shape index (κ2) is 6.70. The summed E-state index contributed by atoms with van der Waals surface area (Å²) in [6, 6.07) is 15.8. The number of fused-ring (bicyclic) bond motifs is 5. The number of hydrogen-bond acceptors (Lipinski definition) is 5. The molecule has 0 bridgehead atoms. The Labute approximate surface area is 146 Å². The second-order valence-electron chi connectivity index (χ2n) is 6.28. The summed E-state index contributed by atoms with van der Waals surface area (Å²) in [5.41, 5.74) is 3.65. The molecule has 0 saturated carbocycles. The average Bonchev–Trinajstić information content (AvgIpc) is 2.97. The molecule has 1 aliphatic heterocycles. The predicted molar refractivity (Wildman–Crippen MR) is 95.7 cm³/mol. The molecule has 1 aromatic heterocycles. The minimum atomic E-state index is 0.382. The summed E-state index contributed by atoms with van der Waals surface area (Å²) in [5.74, 6) is 2.30. The van der Waals surface area contributed by atoms with Crippen LogP contribution >= 0.6 is 0 Å². The number of hydrogen-bond donors (Lipinski definition) is 0. The molecule has 5 heteroatoms. The molecule has 1 aliphatic rings. The molecule has 0 spiro atoms. The van der Waals surface area contributed by atoms with Crippen molar-refractivity contribution in [3.63, 3.8) is 0 Å². The van der Waals surface area contributed by atoms with Gasteiger partial charge in [-0.25, -0.2) is 0 Å². The van der Waals surface area contributed by atoms with E-state index in [1.54, 1.807) is 0 Å². The molecule has 5 nitrogen and oxygen atoms in total. The summed E-state index contributed by atoms with van der Waals surface area (Å²) in [7, 11) is 4.04. The maximum Gasteiger partial charge on any atom is 0.170 e. The van der Waals surface area contributed by atoms with Gasteiger partial charge in [0.15, 0.2) is 5.76 Å². The molecule has 128 valence electrons. The van der Waals surface area contributed by atoms with E-state index in [1.807, 2.05) is 62.6 Å². The highest BCUT2D eigenvalue weighted by atomic mass is 16.5. The van der Waals surface area contributed by atoms with E-state index in [-0.39, 0.29) is 0 Å². The first-order valence-electron chi connectivity index (χ1n) is 8.31. The van der Waals surface area contributed by atoms with Gasteiger partial charge in [-0.05, 0) is 32.3 Å². The summed E-state index contributed by atoms with van der Waals surface area (Å²) in [6.45, 7) is 1.88. The fraction of sp³-hybridized carbons (Fsp3) is 0.250. The van der Waals surface area contributed by atoms with Gasteiger partial charge in [-0.2, -0.15) is 0 Å². The highest BCUT2D eigenvalue weighted by Crippen LogP contribution is 2.47. The van der Waals surface area contributed by atoms with Crippen molar-refractivity contribution in [3.8, 4) is 33.9 Å². The first-order valence-corrected chi connectivity index (χ1v) is 8.31. The number of ether oxygens (including phenoxy) is 2. The van der Waals surface area contributed by atoms with E-state index < -0.39 is 0 Å². The zero-order chi connectivity index (χ0) is 17.2. The zero-order valence-electron chi connectivity index (χ0n) is 14.4. The molecular weight excluding hydrogens is 316 g/mol. The number of nitrogens with zero attached hydrogens (tertiary/aromatic N) is 2. The van der Waals surface area contributed by atoms with Gasteiger partial charge in [-0.15, -0.1) is 0 Å². The lowest BCUT2D eigenvalue weighted by molar-refractivity contribution is 0.0889.